The molecule has 0 aliphatic carbocycles. The smallest absolute Gasteiger partial charge is 0.306 e. The number of hydrogen-bond donors (Lipinski definition) is 2. The summed E-state index contributed by atoms with van der Waals surface area (Å²) in [6.07, 6.45) is 1.22. The number of nitrogens with zero attached hydrogens (tertiary/aromatic N) is 1. The van der Waals surface area contributed by atoms with Gasteiger partial charge in [-0.2, -0.15) is 0 Å². The van der Waals surface area contributed by atoms with E-state index >= 15 is 0 Å². The van der Waals surface area contributed by atoms with Crippen molar-refractivity contribution >= 4 is 17.8 Å². The van der Waals surface area contributed by atoms with E-state index in [-0.39, 0.29) is 30.7 Å². The molecule has 1 fully saturated rings. The van der Waals surface area contributed by atoms with E-state index in [1.807, 2.05) is 19.1 Å². The molecule has 1 aliphatic rings. The second-order valence-electron chi connectivity index (χ2n) is 5.87. The van der Waals surface area contributed by atoms with Gasteiger partial charge in [-0.25, -0.2) is 0 Å². The van der Waals surface area contributed by atoms with Crippen molar-refractivity contribution in [3.63, 3.8) is 0 Å². The topological polar surface area (TPSA) is 86.7 Å². The normalized spacial score (nSPS) is 15.3. The highest BCUT2D eigenvalue weighted by Gasteiger charge is 2.26. The fourth-order valence-electron chi connectivity index (χ4n) is 2.71. The number of likely N-dealkylation sites (tertiary alicyclic amines) is 1. The zero-order chi connectivity index (χ0) is 16.8. The first-order valence-electron chi connectivity index (χ1n) is 7.83. The third kappa shape index (κ3) is 4.81. The minimum absolute atomic E-state index is 0.0432. The summed E-state index contributed by atoms with van der Waals surface area (Å²) in [5.41, 5.74) is 1.59. The minimum atomic E-state index is -0.789. The van der Waals surface area contributed by atoms with Crippen LogP contribution in [0.2, 0.25) is 0 Å². The molecule has 2 amide bonds. The summed E-state index contributed by atoms with van der Waals surface area (Å²) >= 11 is 0. The Morgan fingerprint density at radius 1 is 1.26 bits per heavy atom. The average molecular weight is 318 g/mol. The number of benzene rings is 1. The molecule has 1 aromatic carbocycles. The summed E-state index contributed by atoms with van der Waals surface area (Å²) in [5.74, 6) is -1.37. The van der Waals surface area contributed by atoms with Gasteiger partial charge in [0, 0.05) is 31.6 Å². The highest BCUT2D eigenvalue weighted by molar-refractivity contribution is 5.94. The molecular formula is C17H22N2O4. The van der Waals surface area contributed by atoms with E-state index in [2.05, 4.69) is 5.32 Å². The van der Waals surface area contributed by atoms with E-state index < -0.39 is 5.97 Å². The van der Waals surface area contributed by atoms with Gasteiger partial charge in [0.05, 0.1) is 5.92 Å². The molecule has 0 radical (unpaired) electrons. The molecule has 0 spiro atoms. The number of aryl methyl sites for hydroxylation is 1. The van der Waals surface area contributed by atoms with Crippen LogP contribution in [0.1, 0.15) is 35.2 Å². The molecule has 1 saturated heterocycles. The molecule has 1 heterocycles. The Balaban J connectivity index is 1.73. The molecule has 0 saturated carbocycles. The fraction of sp³-hybridized carbons (Fsp3) is 0.471. The van der Waals surface area contributed by atoms with Gasteiger partial charge in [-0.15, -0.1) is 0 Å². The van der Waals surface area contributed by atoms with Gasteiger partial charge in [-0.3, -0.25) is 14.4 Å². The Kier molecular flexibility index (Phi) is 5.73. The molecule has 1 aromatic rings. The van der Waals surface area contributed by atoms with Crippen molar-refractivity contribution in [3.8, 4) is 0 Å². The number of rotatable bonds is 5. The maximum atomic E-state index is 12.1. The molecule has 0 bridgehead atoms. The Labute approximate surface area is 135 Å². The number of carbonyl (C=O) groups excluding carboxylic acids is 2. The third-order valence-electron chi connectivity index (χ3n) is 4.10. The molecular weight excluding hydrogens is 296 g/mol. The zero-order valence-electron chi connectivity index (χ0n) is 13.2. The molecule has 23 heavy (non-hydrogen) atoms. The Morgan fingerprint density at radius 2 is 1.96 bits per heavy atom. The van der Waals surface area contributed by atoms with Crippen LogP contribution in [0.25, 0.3) is 0 Å². The van der Waals surface area contributed by atoms with E-state index in [0.29, 0.717) is 31.5 Å². The number of aliphatic carboxylic acids is 1. The van der Waals surface area contributed by atoms with Crippen molar-refractivity contribution in [1.29, 1.82) is 0 Å². The monoisotopic (exact) mass is 318 g/mol. The standard InChI is InChI=1S/C17H22N2O4/c1-12-3-2-4-14(11-12)16(21)18-8-5-15(20)19-9-6-13(7-10-19)17(22)23/h2-4,11,13H,5-10H2,1H3,(H,18,21)(H,22,23). The van der Waals surface area contributed by atoms with Crippen molar-refractivity contribution in [2.75, 3.05) is 19.6 Å². The molecule has 2 N–H and O–H groups in total. The average Bonchev–Trinajstić information content (AvgIpc) is 2.54. The minimum Gasteiger partial charge on any atom is -0.481 e. The van der Waals surface area contributed by atoms with Gasteiger partial charge in [-0.1, -0.05) is 17.7 Å². The van der Waals surface area contributed by atoms with E-state index in [0.717, 1.165) is 5.56 Å². The van der Waals surface area contributed by atoms with Crippen LogP contribution in [0.3, 0.4) is 0 Å². The maximum absolute atomic E-state index is 12.1. The van der Waals surface area contributed by atoms with Crippen LogP contribution >= 0.6 is 0 Å². The summed E-state index contributed by atoms with van der Waals surface area (Å²) in [5, 5.41) is 11.7. The van der Waals surface area contributed by atoms with Crippen molar-refractivity contribution in [3.05, 3.63) is 35.4 Å². The van der Waals surface area contributed by atoms with Crippen molar-refractivity contribution < 1.29 is 19.5 Å². The first kappa shape index (κ1) is 17.0. The van der Waals surface area contributed by atoms with E-state index in [1.165, 1.54) is 0 Å². The van der Waals surface area contributed by atoms with Crippen molar-refractivity contribution in [2.24, 2.45) is 5.92 Å². The lowest BCUT2D eigenvalue weighted by Crippen LogP contribution is -2.41. The summed E-state index contributed by atoms with van der Waals surface area (Å²) in [7, 11) is 0. The van der Waals surface area contributed by atoms with E-state index in [1.54, 1.807) is 17.0 Å². The second kappa shape index (κ2) is 7.76. The van der Waals surface area contributed by atoms with Crippen LogP contribution in [0.15, 0.2) is 24.3 Å². The number of carbonyl (C=O) groups is 3. The molecule has 6 heteroatoms. The maximum Gasteiger partial charge on any atom is 0.306 e. The first-order valence-corrected chi connectivity index (χ1v) is 7.83. The van der Waals surface area contributed by atoms with Crippen LogP contribution in [0, 0.1) is 12.8 Å². The van der Waals surface area contributed by atoms with Crippen LogP contribution in [-0.2, 0) is 9.59 Å². The number of amides is 2. The molecule has 1 aliphatic heterocycles. The van der Waals surface area contributed by atoms with Crippen LogP contribution in [-0.4, -0.2) is 47.4 Å². The zero-order valence-corrected chi connectivity index (χ0v) is 13.2. The number of nitrogens with one attached hydrogen (secondary N) is 1. The first-order chi connectivity index (χ1) is 11.0. The van der Waals surface area contributed by atoms with Gasteiger partial charge >= 0.3 is 5.97 Å². The van der Waals surface area contributed by atoms with Gasteiger partial charge in [-0.05, 0) is 31.9 Å². The van der Waals surface area contributed by atoms with E-state index in [4.69, 9.17) is 5.11 Å². The van der Waals surface area contributed by atoms with E-state index in [9.17, 15) is 14.4 Å². The molecule has 124 valence electrons. The van der Waals surface area contributed by atoms with Crippen LogP contribution in [0.4, 0.5) is 0 Å². The fourth-order valence-corrected chi connectivity index (χ4v) is 2.71. The largest absolute Gasteiger partial charge is 0.481 e. The van der Waals surface area contributed by atoms with Crippen LogP contribution in [0.5, 0.6) is 0 Å². The Morgan fingerprint density at radius 3 is 2.57 bits per heavy atom. The summed E-state index contributed by atoms with van der Waals surface area (Å²) in [6.45, 7) is 3.15. The van der Waals surface area contributed by atoms with Gasteiger partial charge in [0.2, 0.25) is 5.91 Å². The summed E-state index contributed by atoms with van der Waals surface area (Å²) in [6, 6.07) is 7.28. The number of carboxylic acid groups (broad SMARTS) is 1. The second-order valence-corrected chi connectivity index (χ2v) is 5.87. The van der Waals surface area contributed by atoms with Crippen molar-refractivity contribution in [1.82, 2.24) is 10.2 Å². The number of hydrogen-bond acceptors (Lipinski definition) is 3. The summed E-state index contributed by atoms with van der Waals surface area (Å²) < 4.78 is 0. The Hall–Kier alpha value is -2.37. The van der Waals surface area contributed by atoms with Gasteiger partial charge in [0.15, 0.2) is 0 Å². The third-order valence-corrected chi connectivity index (χ3v) is 4.10. The van der Waals surface area contributed by atoms with Crippen LogP contribution < -0.4 is 5.32 Å². The predicted molar refractivity (Wildman–Crippen MR) is 85.1 cm³/mol. The number of carboxylic acids is 1. The summed E-state index contributed by atoms with van der Waals surface area (Å²) in [4.78, 5) is 36.6. The number of piperidine rings is 1. The lowest BCUT2D eigenvalue weighted by molar-refractivity contribution is -0.145. The lowest BCUT2D eigenvalue weighted by Gasteiger charge is -2.30. The lowest BCUT2D eigenvalue weighted by atomic mass is 9.97. The molecule has 6 nitrogen and oxygen atoms in total. The van der Waals surface area contributed by atoms with Crippen molar-refractivity contribution in [2.45, 2.75) is 26.2 Å². The van der Waals surface area contributed by atoms with Gasteiger partial charge in [0.1, 0.15) is 0 Å². The molecule has 0 unspecified atom stereocenters. The molecule has 0 aromatic heterocycles. The predicted octanol–water partition coefficient (Wildman–Crippen LogP) is 1.44. The molecule has 2 rings (SSSR count). The quantitative estimate of drug-likeness (QED) is 0.860. The highest BCUT2D eigenvalue weighted by atomic mass is 16.4. The SMILES string of the molecule is Cc1cccc(C(=O)NCCC(=O)N2CCC(C(=O)O)CC2)c1. The van der Waals surface area contributed by atoms with Gasteiger partial charge < -0.3 is 15.3 Å². The molecule has 0 atom stereocenters. The Bertz CT molecular complexity index is 592. The van der Waals surface area contributed by atoms with Gasteiger partial charge in [0.25, 0.3) is 5.91 Å². The highest BCUT2D eigenvalue weighted by Crippen LogP contribution is 2.17.